The molecule has 1 saturated carbocycles. The summed E-state index contributed by atoms with van der Waals surface area (Å²) in [5, 5.41) is 3.66. The number of nitrogens with zero attached hydrogens (tertiary/aromatic N) is 3. The van der Waals surface area contributed by atoms with Crippen molar-refractivity contribution in [2.24, 2.45) is 11.7 Å². The fourth-order valence-electron chi connectivity index (χ4n) is 4.37. The van der Waals surface area contributed by atoms with Crippen LogP contribution in [0.2, 0.25) is 0 Å². The monoisotopic (exact) mass is 514 g/mol. The summed E-state index contributed by atoms with van der Waals surface area (Å²) in [6.07, 6.45) is -2.73. The van der Waals surface area contributed by atoms with Gasteiger partial charge in [-0.25, -0.2) is 12.8 Å². The molecule has 1 heterocycles. The van der Waals surface area contributed by atoms with Crippen molar-refractivity contribution in [3.63, 3.8) is 0 Å². The number of nitrogens with two attached hydrogens (primary N) is 1. The van der Waals surface area contributed by atoms with Crippen LogP contribution in [0.1, 0.15) is 36.6 Å². The van der Waals surface area contributed by atoms with Crippen molar-refractivity contribution in [1.29, 1.82) is 0 Å². The molecule has 2 aliphatic carbocycles. The van der Waals surface area contributed by atoms with Crippen LogP contribution in [0.5, 0.6) is 0 Å². The third-order valence-electron chi connectivity index (χ3n) is 6.33. The number of amides is 1. The van der Waals surface area contributed by atoms with Crippen molar-refractivity contribution in [3.05, 3.63) is 65.6 Å². The third kappa shape index (κ3) is 4.87. The number of benzene rings is 1. The Kier molecular flexibility index (Phi) is 6.34. The van der Waals surface area contributed by atoms with Gasteiger partial charge in [0.05, 0.1) is 4.90 Å². The van der Waals surface area contributed by atoms with Crippen LogP contribution < -0.4 is 5.73 Å². The maximum atomic E-state index is 15.1. The minimum Gasteiger partial charge on any atom is -0.368 e. The molecule has 3 atom stereocenters. The predicted octanol–water partition coefficient (Wildman–Crippen LogP) is 3.53. The number of aryl methyl sites for hydroxylation is 1. The van der Waals surface area contributed by atoms with Gasteiger partial charge in [-0.2, -0.15) is 22.5 Å². The smallest absolute Gasteiger partial charge is 0.368 e. The highest BCUT2D eigenvalue weighted by Crippen LogP contribution is 2.55. The van der Waals surface area contributed by atoms with Crippen LogP contribution in [0, 0.1) is 12.8 Å². The molecule has 0 radical (unpaired) electrons. The first kappa shape index (κ1) is 25.0. The van der Waals surface area contributed by atoms with Gasteiger partial charge >= 0.3 is 6.18 Å². The second-order valence-electron chi connectivity index (χ2n) is 8.72. The number of hydrogen-bond acceptors (Lipinski definition) is 6. The highest BCUT2D eigenvalue weighted by molar-refractivity contribution is 7.89. The van der Waals surface area contributed by atoms with E-state index in [-0.39, 0.29) is 22.7 Å². The summed E-state index contributed by atoms with van der Waals surface area (Å²) in [6.45, 7) is 1.06. The van der Waals surface area contributed by atoms with Crippen LogP contribution in [-0.2, 0) is 14.8 Å². The lowest BCUT2D eigenvalue weighted by Crippen LogP contribution is -2.52. The Morgan fingerprint density at radius 2 is 1.97 bits per heavy atom. The molecule has 188 valence electrons. The molecule has 0 bridgehead atoms. The molecule has 1 aromatic heterocycles. The van der Waals surface area contributed by atoms with E-state index in [0.717, 1.165) is 12.0 Å². The van der Waals surface area contributed by atoms with Gasteiger partial charge in [0.1, 0.15) is 11.4 Å². The molecule has 2 unspecified atom stereocenters. The van der Waals surface area contributed by atoms with E-state index >= 15 is 4.39 Å². The topological polar surface area (TPSA) is 119 Å². The average Bonchev–Trinajstić information content (AvgIpc) is 3.19. The molecular formula is C22H22F4N4O4S. The molecule has 0 spiro atoms. The Bertz CT molecular complexity index is 1270. The van der Waals surface area contributed by atoms with Gasteiger partial charge < -0.3 is 10.3 Å². The van der Waals surface area contributed by atoms with E-state index in [0.29, 0.717) is 4.31 Å². The van der Waals surface area contributed by atoms with Crippen LogP contribution in [0.25, 0.3) is 0 Å². The molecule has 4 rings (SSSR count). The van der Waals surface area contributed by atoms with Crippen molar-refractivity contribution < 1.29 is 35.3 Å². The zero-order chi connectivity index (χ0) is 25.6. The van der Waals surface area contributed by atoms with Crippen LogP contribution in [0.4, 0.5) is 17.6 Å². The van der Waals surface area contributed by atoms with Gasteiger partial charge in [0.2, 0.25) is 22.3 Å². The Balaban J connectivity index is 1.73. The predicted molar refractivity (Wildman–Crippen MR) is 115 cm³/mol. The standard InChI is InChI=1S/C22H22F4N4O4S/c1-13-2-6-17(7-3-13)35(32,33)30(21(20(27)31)9-16(21)10-22(24,25)26)11-15-5-4-14(8-18(15)23)19-28-12-34-29-19/h2-7,12,14,16H,8-11H2,1H3,(H2,27,31)/t14?,16-,21?/m1/s1. The molecule has 0 saturated heterocycles. The Morgan fingerprint density at radius 1 is 1.29 bits per heavy atom. The van der Waals surface area contributed by atoms with Gasteiger partial charge in [-0.1, -0.05) is 35.0 Å². The lowest BCUT2D eigenvalue weighted by molar-refractivity contribution is -0.141. The van der Waals surface area contributed by atoms with E-state index in [1.165, 1.54) is 36.4 Å². The number of carbonyl (C=O) groups is 1. The van der Waals surface area contributed by atoms with Crippen molar-refractivity contribution in [2.45, 2.75) is 48.7 Å². The number of halogens is 4. The molecule has 8 nitrogen and oxygen atoms in total. The summed E-state index contributed by atoms with van der Waals surface area (Å²) in [6, 6.07) is 5.58. The molecule has 13 heteroatoms. The number of sulfonamides is 1. The lowest BCUT2D eigenvalue weighted by Gasteiger charge is -2.31. The molecule has 35 heavy (non-hydrogen) atoms. The van der Waals surface area contributed by atoms with Crippen LogP contribution >= 0.6 is 0 Å². The first-order valence-electron chi connectivity index (χ1n) is 10.6. The number of carbonyl (C=O) groups excluding carboxylic acids is 1. The summed E-state index contributed by atoms with van der Waals surface area (Å²) >= 11 is 0. The van der Waals surface area contributed by atoms with Crippen molar-refractivity contribution in [3.8, 4) is 0 Å². The number of alkyl halides is 3. The number of primary amides is 1. The first-order valence-corrected chi connectivity index (χ1v) is 12.1. The number of rotatable bonds is 8. The summed E-state index contributed by atoms with van der Waals surface area (Å²) in [5.41, 5.74) is 4.02. The molecule has 1 amide bonds. The molecule has 0 aliphatic heterocycles. The fraction of sp³-hybridized carbons (Fsp3) is 0.409. The zero-order valence-corrected chi connectivity index (χ0v) is 19.3. The average molecular weight is 515 g/mol. The molecule has 2 aliphatic rings. The highest BCUT2D eigenvalue weighted by atomic mass is 32.2. The molecule has 2 aromatic rings. The van der Waals surface area contributed by atoms with E-state index in [4.69, 9.17) is 5.73 Å². The SMILES string of the molecule is Cc1ccc(S(=O)(=O)N(CC2=C(F)CC(c3ncon3)C=C2)C2(C(N)=O)C[C@@H]2CC(F)(F)F)cc1. The maximum absolute atomic E-state index is 15.1. The number of allylic oxidation sites excluding steroid dienone is 2. The third-order valence-corrected chi connectivity index (χ3v) is 8.24. The molecule has 2 N–H and O–H groups in total. The van der Waals surface area contributed by atoms with Gasteiger partial charge in [0, 0.05) is 25.3 Å². The largest absolute Gasteiger partial charge is 0.389 e. The van der Waals surface area contributed by atoms with Crippen LogP contribution in [0.3, 0.4) is 0 Å². The van der Waals surface area contributed by atoms with E-state index in [2.05, 4.69) is 14.7 Å². The summed E-state index contributed by atoms with van der Waals surface area (Å²) in [4.78, 5) is 16.1. The Labute approximate surface area is 198 Å². The molecule has 1 aromatic carbocycles. The summed E-state index contributed by atoms with van der Waals surface area (Å²) in [7, 11) is -4.54. The normalized spacial score (nSPS) is 24.7. The Morgan fingerprint density at radius 3 is 2.51 bits per heavy atom. The molecular weight excluding hydrogens is 492 g/mol. The van der Waals surface area contributed by atoms with Crippen LogP contribution in [-0.4, -0.2) is 47.0 Å². The van der Waals surface area contributed by atoms with E-state index in [9.17, 15) is 26.4 Å². The second kappa shape index (κ2) is 8.86. The van der Waals surface area contributed by atoms with Gasteiger partial charge in [-0.15, -0.1) is 0 Å². The maximum Gasteiger partial charge on any atom is 0.389 e. The van der Waals surface area contributed by atoms with Crippen molar-refractivity contribution in [1.82, 2.24) is 14.4 Å². The van der Waals surface area contributed by atoms with E-state index in [1.54, 1.807) is 6.92 Å². The van der Waals surface area contributed by atoms with Gasteiger partial charge in [-0.05, 0) is 37.0 Å². The van der Waals surface area contributed by atoms with Gasteiger partial charge in [-0.3, -0.25) is 4.79 Å². The quantitative estimate of drug-likeness (QED) is 0.539. The molecule has 1 fully saturated rings. The van der Waals surface area contributed by atoms with Crippen molar-refractivity contribution in [2.75, 3.05) is 6.54 Å². The first-order chi connectivity index (χ1) is 16.3. The Hall–Kier alpha value is -3.06. The number of hydrogen-bond donors (Lipinski definition) is 1. The second-order valence-corrected chi connectivity index (χ2v) is 10.6. The lowest BCUT2D eigenvalue weighted by atomic mass is 9.94. The summed E-state index contributed by atoms with van der Waals surface area (Å²) in [5.74, 6) is -3.65. The minimum atomic E-state index is -4.64. The van der Waals surface area contributed by atoms with Crippen LogP contribution in [0.15, 0.2) is 63.6 Å². The fourth-order valence-corrected chi connectivity index (χ4v) is 6.16. The number of aromatic nitrogens is 2. The summed E-state index contributed by atoms with van der Waals surface area (Å²) < 4.78 is 87.1. The zero-order valence-electron chi connectivity index (χ0n) is 18.5. The van der Waals surface area contributed by atoms with Gasteiger partial charge in [0.15, 0.2) is 5.82 Å². The van der Waals surface area contributed by atoms with Gasteiger partial charge in [0.25, 0.3) is 0 Å². The van der Waals surface area contributed by atoms with Crippen molar-refractivity contribution >= 4 is 15.9 Å². The highest BCUT2D eigenvalue weighted by Gasteiger charge is 2.68. The van der Waals surface area contributed by atoms with E-state index in [1.807, 2.05) is 0 Å². The minimum absolute atomic E-state index is 0.0984. The van der Waals surface area contributed by atoms with E-state index < -0.39 is 64.7 Å².